The molecular weight excluding hydrogens is 458 g/mol. The van der Waals surface area contributed by atoms with E-state index in [2.05, 4.69) is 40.2 Å². The number of hydrogen-bond acceptors (Lipinski definition) is 5. The maximum atomic E-state index is 12.8. The summed E-state index contributed by atoms with van der Waals surface area (Å²) in [5.41, 5.74) is 1.29. The molecule has 2 saturated carbocycles. The van der Waals surface area contributed by atoms with Gasteiger partial charge in [0.25, 0.3) is 0 Å². The minimum absolute atomic E-state index is 0.0179. The minimum atomic E-state index is -0.332. The van der Waals surface area contributed by atoms with Gasteiger partial charge in [-0.15, -0.1) is 11.8 Å². The number of hydrogen-bond donors (Lipinski definition) is 0. The smallest absolute Gasteiger partial charge is 0.326 e. The lowest BCUT2D eigenvalue weighted by Crippen LogP contribution is -2.34. The predicted molar refractivity (Wildman–Crippen MR) is 115 cm³/mol. The SMILES string of the molecule is CCOC(=O)Cn1c2c(sc1=O)C(c1ccc(Br)cc1)C1C3CCC(C3)C1S2. The van der Waals surface area contributed by atoms with Gasteiger partial charge in [0, 0.05) is 20.5 Å². The van der Waals surface area contributed by atoms with Gasteiger partial charge in [-0.25, -0.2) is 0 Å². The molecule has 0 spiro atoms. The van der Waals surface area contributed by atoms with Crippen LogP contribution in [0.15, 0.2) is 38.6 Å². The monoisotopic (exact) mass is 479 g/mol. The Kier molecular flexibility index (Phi) is 4.96. The molecule has 28 heavy (non-hydrogen) atoms. The van der Waals surface area contributed by atoms with E-state index in [0.29, 0.717) is 17.8 Å². The predicted octanol–water partition coefficient (Wildman–Crippen LogP) is 4.89. The van der Waals surface area contributed by atoms with Gasteiger partial charge >= 0.3 is 10.8 Å². The Bertz CT molecular complexity index is 967. The van der Waals surface area contributed by atoms with Crippen LogP contribution in [-0.4, -0.2) is 22.4 Å². The molecule has 1 aromatic carbocycles. The average molecular weight is 480 g/mol. The highest BCUT2D eigenvalue weighted by molar-refractivity contribution is 9.10. The van der Waals surface area contributed by atoms with Crippen molar-refractivity contribution in [2.75, 3.05) is 6.61 Å². The summed E-state index contributed by atoms with van der Waals surface area (Å²) in [6, 6.07) is 8.57. The summed E-state index contributed by atoms with van der Waals surface area (Å²) in [7, 11) is 0. The fraction of sp³-hybridized carbons (Fsp3) is 0.524. The number of thiazole rings is 1. The fourth-order valence-electron chi connectivity index (χ4n) is 5.47. The van der Waals surface area contributed by atoms with Crippen LogP contribution in [0, 0.1) is 17.8 Å². The molecule has 7 heteroatoms. The maximum Gasteiger partial charge on any atom is 0.326 e. The Morgan fingerprint density at radius 2 is 2.00 bits per heavy atom. The van der Waals surface area contributed by atoms with Crippen molar-refractivity contribution in [3.05, 3.63) is 48.8 Å². The van der Waals surface area contributed by atoms with Crippen LogP contribution in [0.5, 0.6) is 0 Å². The summed E-state index contributed by atoms with van der Waals surface area (Å²) in [6.07, 6.45) is 3.92. The largest absolute Gasteiger partial charge is 0.465 e. The first-order valence-electron chi connectivity index (χ1n) is 9.88. The molecule has 4 nitrogen and oxygen atoms in total. The number of esters is 1. The van der Waals surface area contributed by atoms with Crippen molar-refractivity contribution in [1.29, 1.82) is 0 Å². The van der Waals surface area contributed by atoms with Crippen molar-refractivity contribution in [3.63, 3.8) is 0 Å². The van der Waals surface area contributed by atoms with E-state index in [1.807, 2.05) is 11.8 Å². The molecule has 5 unspecified atom stereocenters. The molecule has 1 aromatic heterocycles. The van der Waals surface area contributed by atoms with Gasteiger partial charge in [-0.1, -0.05) is 39.4 Å². The molecule has 5 atom stereocenters. The number of halogens is 1. The Balaban J connectivity index is 1.61. The van der Waals surface area contributed by atoms with Gasteiger partial charge in [-0.3, -0.25) is 14.2 Å². The van der Waals surface area contributed by atoms with Crippen molar-refractivity contribution in [2.45, 2.75) is 48.9 Å². The standard InChI is InChI=1S/C21H22BrNO3S2/c1-2-26-15(24)10-23-20-19(28-21(23)25)16(11-5-7-14(22)8-6-11)17-12-3-4-13(9-12)18(17)27-20/h5-8,12-13,16-18H,2-4,9-10H2,1H3. The van der Waals surface area contributed by atoms with E-state index in [1.165, 1.54) is 36.2 Å². The van der Waals surface area contributed by atoms with Gasteiger partial charge in [-0.05, 0) is 61.6 Å². The highest BCUT2D eigenvalue weighted by Crippen LogP contribution is 2.64. The molecule has 5 rings (SSSR count). The number of aromatic nitrogens is 1. The second-order valence-corrected chi connectivity index (χ2v) is 11.0. The summed E-state index contributed by atoms with van der Waals surface area (Å²) in [4.78, 5) is 26.0. The number of carbonyl (C=O) groups is 1. The first kappa shape index (κ1) is 18.9. The number of rotatable bonds is 4. The second kappa shape index (κ2) is 7.33. The van der Waals surface area contributed by atoms with Crippen molar-refractivity contribution in [3.8, 4) is 0 Å². The number of thioether (sulfide) groups is 1. The third kappa shape index (κ3) is 3.01. The lowest BCUT2D eigenvalue weighted by molar-refractivity contribution is -0.144. The molecule has 2 fully saturated rings. The molecular formula is C21H22BrNO3S2. The zero-order chi connectivity index (χ0) is 19.4. The minimum Gasteiger partial charge on any atom is -0.465 e. The fourth-order valence-corrected chi connectivity index (χ4v) is 8.88. The van der Waals surface area contributed by atoms with E-state index in [-0.39, 0.29) is 23.3 Å². The van der Waals surface area contributed by atoms with Gasteiger partial charge in [0.1, 0.15) is 6.54 Å². The summed E-state index contributed by atoms with van der Waals surface area (Å²) < 4.78 is 7.85. The zero-order valence-electron chi connectivity index (χ0n) is 15.6. The lowest BCUT2D eigenvalue weighted by atomic mass is 9.75. The van der Waals surface area contributed by atoms with E-state index < -0.39 is 0 Å². The summed E-state index contributed by atoms with van der Waals surface area (Å²) >= 11 is 6.72. The topological polar surface area (TPSA) is 48.3 Å². The van der Waals surface area contributed by atoms with Crippen molar-refractivity contribution < 1.29 is 9.53 Å². The average Bonchev–Trinajstić information content (AvgIpc) is 3.36. The number of fused-ring (bicyclic) bond motifs is 6. The van der Waals surface area contributed by atoms with Crippen LogP contribution in [0.25, 0.3) is 0 Å². The molecule has 2 bridgehead atoms. The summed E-state index contributed by atoms with van der Waals surface area (Å²) in [5, 5.41) is 1.55. The maximum absolute atomic E-state index is 12.8. The quantitative estimate of drug-likeness (QED) is 0.585. The van der Waals surface area contributed by atoms with E-state index in [4.69, 9.17) is 4.74 Å². The van der Waals surface area contributed by atoms with Crippen molar-refractivity contribution in [2.24, 2.45) is 17.8 Å². The van der Waals surface area contributed by atoms with Crippen LogP contribution in [0.4, 0.5) is 0 Å². The molecule has 0 N–H and O–H groups in total. The Labute approximate surface area is 180 Å². The van der Waals surface area contributed by atoms with Crippen LogP contribution < -0.4 is 4.87 Å². The van der Waals surface area contributed by atoms with Crippen LogP contribution in [0.3, 0.4) is 0 Å². The number of benzene rings is 1. The Morgan fingerprint density at radius 3 is 2.75 bits per heavy atom. The normalized spacial score (nSPS) is 30.1. The molecule has 148 valence electrons. The Hall–Kier alpha value is -1.05. The molecule has 2 aliphatic carbocycles. The van der Waals surface area contributed by atoms with Gasteiger partial charge in [0.15, 0.2) is 0 Å². The molecule has 3 aliphatic rings. The summed E-state index contributed by atoms with van der Waals surface area (Å²) in [6.45, 7) is 2.15. The van der Waals surface area contributed by atoms with E-state index in [0.717, 1.165) is 26.2 Å². The van der Waals surface area contributed by atoms with E-state index in [1.54, 1.807) is 11.5 Å². The number of ether oxygens (including phenoxy) is 1. The molecule has 0 saturated heterocycles. The molecule has 2 heterocycles. The Morgan fingerprint density at radius 1 is 1.25 bits per heavy atom. The van der Waals surface area contributed by atoms with Crippen molar-refractivity contribution in [1.82, 2.24) is 4.57 Å². The number of carbonyl (C=O) groups excluding carboxylic acids is 1. The lowest BCUT2D eigenvalue weighted by Gasteiger charge is -2.40. The van der Waals surface area contributed by atoms with Crippen molar-refractivity contribution >= 4 is 45.0 Å². The second-order valence-electron chi connectivity index (χ2n) is 7.95. The molecule has 0 amide bonds. The number of nitrogens with zero attached hydrogens (tertiary/aromatic N) is 1. The molecule has 2 aromatic rings. The third-order valence-corrected chi connectivity index (χ3v) is 9.87. The van der Waals surface area contributed by atoms with Gasteiger partial charge in [0.2, 0.25) is 0 Å². The van der Waals surface area contributed by atoms with Gasteiger partial charge < -0.3 is 4.74 Å². The first-order chi connectivity index (χ1) is 13.6. The van der Waals surface area contributed by atoms with Crippen LogP contribution in [-0.2, 0) is 16.1 Å². The van der Waals surface area contributed by atoms with Crippen LogP contribution in [0.1, 0.15) is 42.5 Å². The van der Waals surface area contributed by atoms with Crippen LogP contribution in [0.2, 0.25) is 0 Å². The third-order valence-electron chi connectivity index (χ3n) is 6.51. The molecule has 1 aliphatic heterocycles. The highest BCUT2D eigenvalue weighted by atomic mass is 79.9. The van der Waals surface area contributed by atoms with E-state index >= 15 is 0 Å². The van der Waals surface area contributed by atoms with E-state index in [9.17, 15) is 9.59 Å². The first-order valence-corrected chi connectivity index (χ1v) is 12.4. The molecule has 0 radical (unpaired) electrons. The highest BCUT2D eigenvalue weighted by Gasteiger charge is 2.55. The van der Waals surface area contributed by atoms with Crippen LogP contribution >= 0.6 is 39.0 Å². The summed E-state index contributed by atoms with van der Waals surface area (Å²) in [5.74, 6) is 2.00. The zero-order valence-corrected chi connectivity index (χ0v) is 18.8. The van der Waals surface area contributed by atoms with Gasteiger partial charge in [-0.2, -0.15) is 0 Å². The van der Waals surface area contributed by atoms with Gasteiger partial charge in [0.05, 0.1) is 11.6 Å².